The fraction of sp³-hybridized carbons (Fsp3) is 0.111. The Morgan fingerprint density at radius 3 is 2.38 bits per heavy atom. The van der Waals surface area contributed by atoms with Crippen molar-refractivity contribution in [3.8, 4) is 5.69 Å². The van der Waals surface area contributed by atoms with Crippen molar-refractivity contribution in [1.82, 2.24) is 9.78 Å². The molecule has 3 rings (SSSR count). The Kier molecular flexibility index (Phi) is 4.12. The van der Waals surface area contributed by atoms with Gasteiger partial charge in [0.05, 0.1) is 11.4 Å². The smallest absolute Gasteiger partial charge is 0.256 e. The molecule has 0 fully saturated rings. The molecule has 0 aliphatic carbocycles. The van der Waals surface area contributed by atoms with E-state index in [4.69, 9.17) is 0 Å². The van der Waals surface area contributed by atoms with E-state index in [0.717, 1.165) is 29.1 Å². The van der Waals surface area contributed by atoms with E-state index in [1.54, 1.807) is 17.7 Å². The molecule has 24 heavy (non-hydrogen) atoms. The van der Waals surface area contributed by atoms with Gasteiger partial charge in [0.15, 0.2) is 11.6 Å². The molecule has 6 heteroatoms. The van der Waals surface area contributed by atoms with Gasteiger partial charge in [-0.3, -0.25) is 4.79 Å². The van der Waals surface area contributed by atoms with Crippen molar-refractivity contribution in [2.45, 2.75) is 13.8 Å². The average Bonchev–Trinajstić information content (AvgIpc) is 2.91. The van der Waals surface area contributed by atoms with Crippen LogP contribution in [0.1, 0.15) is 21.6 Å². The number of benzene rings is 2. The largest absolute Gasteiger partial charge is 0.306 e. The standard InChI is InChI=1S/C18H15F2N3O/c1-11-3-6-14(7-4-11)23-17(9-12(2)22-23)21-18(24)13-5-8-15(19)16(20)10-13/h3-10H,1-2H3,(H,21,24). The molecule has 0 spiro atoms. The van der Waals surface area contributed by atoms with Crippen LogP contribution in [0.4, 0.5) is 14.6 Å². The highest BCUT2D eigenvalue weighted by Crippen LogP contribution is 2.19. The lowest BCUT2D eigenvalue weighted by molar-refractivity contribution is 0.102. The molecule has 4 nitrogen and oxygen atoms in total. The van der Waals surface area contributed by atoms with Crippen LogP contribution in [0.5, 0.6) is 0 Å². The summed E-state index contributed by atoms with van der Waals surface area (Å²) in [6.45, 7) is 3.78. The number of aromatic nitrogens is 2. The van der Waals surface area contributed by atoms with Gasteiger partial charge in [0, 0.05) is 11.6 Å². The third-order valence-corrected chi connectivity index (χ3v) is 3.53. The summed E-state index contributed by atoms with van der Waals surface area (Å²) in [6.07, 6.45) is 0. The second-order valence-corrected chi connectivity index (χ2v) is 5.50. The number of carbonyl (C=O) groups excluding carboxylic acids is 1. The van der Waals surface area contributed by atoms with Crippen LogP contribution >= 0.6 is 0 Å². The van der Waals surface area contributed by atoms with E-state index >= 15 is 0 Å². The van der Waals surface area contributed by atoms with E-state index in [1.165, 1.54) is 6.07 Å². The molecule has 1 aromatic heterocycles. The number of nitrogens with one attached hydrogen (secondary N) is 1. The Balaban J connectivity index is 1.91. The van der Waals surface area contributed by atoms with Gasteiger partial charge in [0.25, 0.3) is 5.91 Å². The number of halogens is 2. The van der Waals surface area contributed by atoms with E-state index in [2.05, 4.69) is 10.4 Å². The molecule has 0 unspecified atom stereocenters. The van der Waals surface area contributed by atoms with E-state index in [1.807, 2.05) is 31.2 Å². The van der Waals surface area contributed by atoms with Gasteiger partial charge in [-0.15, -0.1) is 0 Å². The van der Waals surface area contributed by atoms with E-state index in [0.29, 0.717) is 5.82 Å². The molecule has 0 atom stereocenters. The molecule has 0 radical (unpaired) electrons. The first kappa shape index (κ1) is 15.9. The Bertz CT molecular complexity index is 901. The van der Waals surface area contributed by atoms with E-state index in [-0.39, 0.29) is 5.56 Å². The topological polar surface area (TPSA) is 46.9 Å². The number of hydrogen-bond acceptors (Lipinski definition) is 2. The number of rotatable bonds is 3. The van der Waals surface area contributed by atoms with Gasteiger partial charge in [-0.2, -0.15) is 5.10 Å². The quantitative estimate of drug-likeness (QED) is 0.790. The predicted octanol–water partition coefficient (Wildman–Crippen LogP) is 4.02. The summed E-state index contributed by atoms with van der Waals surface area (Å²) in [5, 5.41) is 7.04. The molecule has 0 aliphatic heterocycles. The maximum absolute atomic E-state index is 13.3. The third-order valence-electron chi connectivity index (χ3n) is 3.53. The highest BCUT2D eigenvalue weighted by molar-refractivity contribution is 6.04. The van der Waals surface area contributed by atoms with E-state index < -0.39 is 17.5 Å². The van der Waals surface area contributed by atoms with Crippen molar-refractivity contribution in [1.29, 1.82) is 0 Å². The molecule has 1 N–H and O–H groups in total. The second kappa shape index (κ2) is 6.23. The number of anilines is 1. The number of nitrogens with zero attached hydrogens (tertiary/aromatic N) is 2. The van der Waals surface area contributed by atoms with Crippen molar-refractivity contribution in [3.05, 3.63) is 77.0 Å². The van der Waals surface area contributed by atoms with Crippen LogP contribution in [0, 0.1) is 25.5 Å². The first-order valence-electron chi connectivity index (χ1n) is 7.34. The molecule has 2 aromatic carbocycles. The number of carbonyl (C=O) groups is 1. The van der Waals surface area contributed by atoms with Crippen LogP contribution in [0.2, 0.25) is 0 Å². The summed E-state index contributed by atoms with van der Waals surface area (Å²) >= 11 is 0. The maximum Gasteiger partial charge on any atom is 0.256 e. The zero-order chi connectivity index (χ0) is 17.3. The number of amides is 1. The van der Waals surface area contributed by atoms with Gasteiger partial charge < -0.3 is 5.32 Å². The van der Waals surface area contributed by atoms with Crippen molar-refractivity contribution in [2.24, 2.45) is 0 Å². The molecule has 1 amide bonds. The zero-order valence-corrected chi connectivity index (χ0v) is 13.2. The summed E-state index contributed by atoms with van der Waals surface area (Å²) in [5.74, 6) is -2.15. The maximum atomic E-state index is 13.3. The van der Waals surface area contributed by atoms with Crippen LogP contribution < -0.4 is 5.32 Å². The first-order chi connectivity index (χ1) is 11.4. The molecule has 1 heterocycles. The Hall–Kier alpha value is -3.02. The zero-order valence-electron chi connectivity index (χ0n) is 13.2. The van der Waals surface area contributed by atoms with Crippen molar-refractivity contribution in [2.75, 3.05) is 5.32 Å². The first-order valence-corrected chi connectivity index (χ1v) is 7.34. The summed E-state index contributed by atoms with van der Waals surface area (Å²) in [5.41, 5.74) is 2.64. The Morgan fingerprint density at radius 1 is 1.00 bits per heavy atom. The van der Waals surface area contributed by atoms with Crippen molar-refractivity contribution in [3.63, 3.8) is 0 Å². The number of aryl methyl sites for hydroxylation is 2. The van der Waals surface area contributed by atoms with Gasteiger partial charge in [0.2, 0.25) is 0 Å². The highest BCUT2D eigenvalue weighted by Gasteiger charge is 2.14. The SMILES string of the molecule is Cc1ccc(-n2nc(C)cc2NC(=O)c2ccc(F)c(F)c2)cc1. The van der Waals surface area contributed by atoms with Gasteiger partial charge in [0.1, 0.15) is 5.82 Å². The van der Waals surface area contributed by atoms with Crippen LogP contribution in [0.25, 0.3) is 5.69 Å². The second-order valence-electron chi connectivity index (χ2n) is 5.50. The van der Waals surface area contributed by atoms with Crippen molar-refractivity contribution < 1.29 is 13.6 Å². The molecule has 0 bridgehead atoms. The molecular formula is C18H15F2N3O. The lowest BCUT2D eigenvalue weighted by Gasteiger charge is -2.09. The Labute approximate surface area is 137 Å². The minimum absolute atomic E-state index is 0.0307. The van der Waals surface area contributed by atoms with Crippen LogP contribution in [0.3, 0.4) is 0 Å². The lowest BCUT2D eigenvalue weighted by Crippen LogP contribution is -2.15. The summed E-state index contributed by atoms with van der Waals surface area (Å²) in [7, 11) is 0. The van der Waals surface area contributed by atoms with E-state index in [9.17, 15) is 13.6 Å². The summed E-state index contributed by atoms with van der Waals surface area (Å²) < 4.78 is 27.9. The fourth-order valence-corrected chi connectivity index (χ4v) is 2.30. The van der Waals surface area contributed by atoms with Gasteiger partial charge >= 0.3 is 0 Å². The van der Waals surface area contributed by atoms with Gasteiger partial charge in [-0.05, 0) is 44.2 Å². The normalized spacial score (nSPS) is 10.7. The predicted molar refractivity (Wildman–Crippen MR) is 87.3 cm³/mol. The van der Waals surface area contributed by atoms with Crippen LogP contribution in [0.15, 0.2) is 48.5 Å². The van der Waals surface area contributed by atoms with Gasteiger partial charge in [-0.25, -0.2) is 13.5 Å². The lowest BCUT2D eigenvalue weighted by atomic mass is 10.2. The van der Waals surface area contributed by atoms with Crippen molar-refractivity contribution >= 4 is 11.7 Å². The fourth-order valence-electron chi connectivity index (χ4n) is 2.30. The monoisotopic (exact) mass is 327 g/mol. The van der Waals surface area contributed by atoms with Crippen LogP contribution in [-0.2, 0) is 0 Å². The minimum Gasteiger partial charge on any atom is -0.306 e. The summed E-state index contributed by atoms with van der Waals surface area (Å²) in [6, 6.07) is 12.4. The molecule has 0 aliphatic rings. The highest BCUT2D eigenvalue weighted by atomic mass is 19.2. The third kappa shape index (κ3) is 3.17. The Morgan fingerprint density at radius 2 is 1.71 bits per heavy atom. The average molecular weight is 327 g/mol. The molecule has 0 saturated carbocycles. The summed E-state index contributed by atoms with van der Waals surface area (Å²) in [4.78, 5) is 12.3. The number of hydrogen-bond donors (Lipinski definition) is 1. The molecular weight excluding hydrogens is 312 g/mol. The van der Waals surface area contributed by atoms with Crippen LogP contribution in [-0.4, -0.2) is 15.7 Å². The van der Waals surface area contributed by atoms with Gasteiger partial charge in [-0.1, -0.05) is 17.7 Å². The molecule has 0 saturated heterocycles. The molecule has 122 valence electrons. The molecule has 3 aromatic rings. The minimum atomic E-state index is -1.06.